The third-order valence-corrected chi connectivity index (χ3v) is 2.30. The average molecular weight is 164 g/mol. The van der Waals surface area contributed by atoms with Crippen LogP contribution in [0.15, 0.2) is 11.5 Å². The Hall–Kier alpha value is 0.657. The van der Waals surface area contributed by atoms with Gasteiger partial charge in [0.2, 0.25) is 0 Å². The third-order valence-electron chi connectivity index (χ3n) is 0.384. The van der Waals surface area contributed by atoms with Crippen molar-refractivity contribution in [3.05, 3.63) is 11.5 Å². The highest BCUT2D eigenvalue weighted by molar-refractivity contribution is 8.78. The summed E-state index contributed by atoms with van der Waals surface area (Å²) in [7, 11) is 4.11. The highest BCUT2D eigenvalue weighted by atomic mass is 33.1. The van der Waals surface area contributed by atoms with Crippen molar-refractivity contribution in [2.45, 2.75) is 13.1 Å². The molecule has 3 heteroatoms. The van der Waals surface area contributed by atoms with E-state index in [0.29, 0.717) is 9.52 Å². The molecule has 0 bridgehead atoms. The Morgan fingerprint density at radius 3 is 2.25 bits per heavy atom. The number of hydrogen-bond donors (Lipinski definition) is 0. The van der Waals surface area contributed by atoms with Crippen molar-refractivity contribution in [3.8, 4) is 0 Å². The molecule has 0 atom stereocenters. The molecule has 0 amide bonds. The molecule has 1 aliphatic heterocycles. The first-order valence-corrected chi connectivity index (χ1v) is 8.06. The lowest BCUT2D eigenvalue weighted by atomic mass is 10.8. The van der Waals surface area contributed by atoms with Gasteiger partial charge in [-0.3, -0.25) is 0 Å². The summed E-state index contributed by atoms with van der Waals surface area (Å²) in [5.74, 6) is 1.20. The summed E-state index contributed by atoms with van der Waals surface area (Å²) in [5.41, 5.74) is 0. The largest absolute Gasteiger partial charge is 0.0854 e. The van der Waals surface area contributed by atoms with Crippen molar-refractivity contribution < 1.29 is 0 Å². The molecule has 0 nitrogen and oxygen atoms in total. The van der Waals surface area contributed by atoms with E-state index >= 15 is 0 Å². The zero-order valence-electron chi connectivity index (χ0n) is 5.39. The van der Waals surface area contributed by atoms with Crippen molar-refractivity contribution in [1.82, 2.24) is 0 Å². The molecular formula is C5H12S2Si. The van der Waals surface area contributed by atoms with E-state index in [2.05, 4.69) is 24.6 Å². The Morgan fingerprint density at radius 1 is 1.50 bits per heavy atom. The van der Waals surface area contributed by atoms with E-state index in [0.717, 1.165) is 0 Å². The zero-order chi connectivity index (χ0) is 6.24. The predicted molar refractivity (Wildman–Crippen MR) is 49.5 cm³/mol. The van der Waals surface area contributed by atoms with Crippen LogP contribution in [-0.2, 0) is 0 Å². The van der Waals surface area contributed by atoms with E-state index in [1.165, 1.54) is 5.75 Å². The molecule has 0 spiro atoms. The lowest BCUT2D eigenvalue weighted by Gasteiger charge is -1.69. The quantitative estimate of drug-likeness (QED) is 0.397. The lowest BCUT2D eigenvalue weighted by Crippen LogP contribution is -1.53. The summed E-state index contributed by atoms with van der Waals surface area (Å²) >= 11 is 0. The summed E-state index contributed by atoms with van der Waals surface area (Å²) in [6, 6.07) is 0. The standard InChI is InChI=1S/C3H4S2.C2H8Si/c1-2-4-5-3-1;1-3-2/h1-2H,3H2;3H2,1-2H3. The van der Waals surface area contributed by atoms with Gasteiger partial charge in [-0.05, 0) is 5.41 Å². The average Bonchev–Trinajstić information content (AvgIpc) is 2.17. The molecule has 0 radical (unpaired) electrons. The van der Waals surface area contributed by atoms with Gasteiger partial charge in [0, 0.05) is 15.3 Å². The molecule has 8 heavy (non-hydrogen) atoms. The Morgan fingerprint density at radius 2 is 2.12 bits per heavy atom. The molecule has 0 fully saturated rings. The highest BCUT2D eigenvalue weighted by Crippen LogP contribution is 2.27. The van der Waals surface area contributed by atoms with Crippen LogP contribution in [0.25, 0.3) is 0 Å². The molecule has 1 heterocycles. The second kappa shape index (κ2) is 7.66. The van der Waals surface area contributed by atoms with Gasteiger partial charge in [-0.15, -0.1) is 0 Å². The Balaban J connectivity index is 0.000000145. The summed E-state index contributed by atoms with van der Waals surface area (Å²) in [6.07, 6.45) is 2.16. The second-order valence-electron chi connectivity index (χ2n) is 1.46. The van der Waals surface area contributed by atoms with Gasteiger partial charge in [0.05, 0.1) is 0 Å². The lowest BCUT2D eigenvalue weighted by molar-refractivity contribution is 1.85. The Bertz CT molecular complexity index is 57.4. The highest BCUT2D eigenvalue weighted by Gasteiger charge is 1.85. The third kappa shape index (κ3) is 6.66. The number of rotatable bonds is 0. The molecule has 1 aliphatic rings. The maximum atomic E-state index is 2.26. The van der Waals surface area contributed by atoms with Crippen LogP contribution in [0, 0.1) is 0 Å². The van der Waals surface area contributed by atoms with Gasteiger partial charge in [-0.25, -0.2) is 0 Å². The van der Waals surface area contributed by atoms with Gasteiger partial charge >= 0.3 is 0 Å². The molecule has 0 aromatic carbocycles. The Kier molecular flexibility index (Phi) is 8.29. The van der Waals surface area contributed by atoms with Gasteiger partial charge in [0.15, 0.2) is 0 Å². The van der Waals surface area contributed by atoms with Crippen LogP contribution in [0.4, 0.5) is 0 Å². The SMILES string of the molecule is C1=CSSC1.C[SiH2]C. The normalized spacial score (nSPS) is 15.2. The van der Waals surface area contributed by atoms with Crippen molar-refractivity contribution >= 4 is 31.1 Å². The first-order valence-electron chi connectivity index (χ1n) is 2.85. The van der Waals surface area contributed by atoms with Crippen LogP contribution < -0.4 is 0 Å². The molecule has 48 valence electrons. The van der Waals surface area contributed by atoms with Gasteiger partial charge in [-0.1, -0.05) is 40.8 Å². The minimum absolute atomic E-state index is 0.417. The minimum atomic E-state index is 0.417. The van der Waals surface area contributed by atoms with E-state index in [-0.39, 0.29) is 0 Å². The fourth-order valence-corrected chi connectivity index (χ4v) is 1.77. The monoisotopic (exact) mass is 164 g/mol. The van der Waals surface area contributed by atoms with Gasteiger partial charge in [0.1, 0.15) is 0 Å². The molecule has 0 N–H and O–H groups in total. The summed E-state index contributed by atoms with van der Waals surface area (Å²) in [4.78, 5) is 0. The van der Waals surface area contributed by atoms with Crippen LogP contribution in [-0.4, -0.2) is 15.3 Å². The predicted octanol–water partition coefficient (Wildman–Crippen LogP) is 2.15. The van der Waals surface area contributed by atoms with E-state index in [1.807, 2.05) is 21.6 Å². The first kappa shape index (κ1) is 8.66. The van der Waals surface area contributed by atoms with E-state index in [9.17, 15) is 0 Å². The van der Waals surface area contributed by atoms with Gasteiger partial charge in [0.25, 0.3) is 0 Å². The van der Waals surface area contributed by atoms with Crippen LogP contribution in [0.1, 0.15) is 0 Å². The van der Waals surface area contributed by atoms with Crippen molar-refractivity contribution in [2.75, 3.05) is 5.75 Å². The van der Waals surface area contributed by atoms with Crippen molar-refractivity contribution in [2.24, 2.45) is 0 Å². The summed E-state index contributed by atoms with van der Waals surface area (Å²) < 4.78 is 0. The molecule has 1 rings (SSSR count). The molecular weight excluding hydrogens is 152 g/mol. The second-order valence-corrected chi connectivity index (χ2v) is 5.19. The molecule has 0 saturated heterocycles. The van der Waals surface area contributed by atoms with Crippen molar-refractivity contribution in [3.63, 3.8) is 0 Å². The minimum Gasteiger partial charge on any atom is -0.0854 e. The molecule has 0 saturated carbocycles. The van der Waals surface area contributed by atoms with E-state index in [4.69, 9.17) is 0 Å². The fraction of sp³-hybridized carbons (Fsp3) is 0.600. The Labute approximate surface area is 61.7 Å². The summed E-state index contributed by atoms with van der Waals surface area (Å²) in [6.45, 7) is 4.53. The molecule has 0 aliphatic carbocycles. The van der Waals surface area contributed by atoms with Crippen LogP contribution in [0.3, 0.4) is 0 Å². The van der Waals surface area contributed by atoms with Crippen molar-refractivity contribution in [1.29, 1.82) is 0 Å². The maximum Gasteiger partial charge on any atom is 0.0229 e. The fourth-order valence-electron chi connectivity index (χ4n) is 0.196. The zero-order valence-corrected chi connectivity index (χ0v) is 8.43. The van der Waals surface area contributed by atoms with Crippen LogP contribution in [0.2, 0.25) is 13.1 Å². The van der Waals surface area contributed by atoms with Gasteiger partial charge in [-0.2, -0.15) is 0 Å². The number of hydrogen-bond acceptors (Lipinski definition) is 2. The summed E-state index contributed by atoms with van der Waals surface area (Å²) in [5, 5.41) is 2.12. The van der Waals surface area contributed by atoms with E-state index in [1.54, 1.807) is 0 Å². The van der Waals surface area contributed by atoms with Crippen LogP contribution in [0.5, 0.6) is 0 Å². The molecule has 0 aromatic heterocycles. The first-order chi connectivity index (χ1) is 3.91. The molecule has 0 unspecified atom stereocenters. The molecule has 0 aromatic rings. The topological polar surface area (TPSA) is 0 Å². The van der Waals surface area contributed by atoms with Gasteiger partial charge < -0.3 is 0 Å². The smallest absolute Gasteiger partial charge is 0.0229 e. The maximum absolute atomic E-state index is 2.26. The van der Waals surface area contributed by atoms with Crippen LogP contribution >= 0.6 is 21.6 Å². The van der Waals surface area contributed by atoms with E-state index < -0.39 is 0 Å².